The molecule has 18 heavy (non-hydrogen) atoms. The number of hydrogen-bond acceptors (Lipinski definition) is 6. The molecule has 0 radical (unpaired) electrons. The molecule has 1 saturated heterocycles. The summed E-state index contributed by atoms with van der Waals surface area (Å²) < 4.78 is 0. The van der Waals surface area contributed by atoms with Gasteiger partial charge in [-0.3, -0.25) is 22.2 Å². The lowest BCUT2D eigenvalue weighted by atomic mass is 10.1. The summed E-state index contributed by atoms with van der Waals surface area (Å²) in [6.07, 6.45) is -0.266. The first-order chi connectivity index (χ1) is 8.38. The smallest absolute Gasteiger partial charge is 0.136 e. The van der Waals surface area contributed by atoms with Gasteiger partial charge in [0.05, 0.1) is 12.7 Å². The van der Waals surface area contributed by atoms with Crippen molar-refractivity contribution in [1.82, 2.24) is 9.91 Å². The van der Waals surface area contributed by atoms with E-state index in [1.807, 2.05) is 29.2 Å². The quantitative estimate of drug-likeness (QED) is 0.413. The van der Waals surface area contributed by atoms with Crippen molar-refractivity contribution in [2.24, 2.45) is 23.0 Å². The van der Waals surface area contributed by atoms with Crippen LogP contribution in [-0.4, -0.2) is 35.0 Å². The van der Waals surface area contributed by atoms with Gasteiger partial charge in [-0.05, 0) is 17.7 Å². The maximum atomic E-state index is 6.05. The topological polar surface area (TPSA) is 111 Å². The van der Waals surface area contributed by atoms with Crippen molar-refractivity contribution in [3.05, 3.63) is 34.9 Å². The molecule has 1 atom stereocenters. The fourth-order valence-corrected chi connectivity index (χ4v) is 2.16. The first-order valence-electron chi connectivity index (χ1n) is 5.73. The number of hydrazine groups is 1. The highest BCUT2D eigenvalue weighted by Crippen LogP contribution is 2.17. The predicted molar refractivity (Wildman–Crippen MR) is 71.8 cm³/mol. The summed E-state index contributed by atoms with van der Waals surface area (Å²) in [5.41, 5.74) is 19.1. The van der Waals surface area contributed by atoms with Gasteiger partial charge in [0, 0.05) is 18.1 Å². The van der Waals surface area contributed by atoms with Gasteiger partial charge in [0.25, 0.3) is 0 Å². The fourth-order valence-electron chi connectivity index (χ4n) is 2.03. The molecule has 1 aliphatic heterocycles. The van der Waals surface area contributed by atoms with Crippen LogP contribution >= 0.6 is 11.6 Å². The van der Waals surface area contributed by atoms with Gasteiger partial charge in [-0.2, -0.15) is 0 Å². The Morgan fingerprint density at radius 2 is 1.89 bits per heavy atom. The molecule has 1 fully saturated rings. The van der Waals surface area contributed by atoms with Crippen molar-refractivity contribution in [2.45, 2.75) is 18.5 Å². The maximum absolute atomic E-state index is 6.05. The summed E-state index contributed by atoms with van der Waals surface area (Å²) in [7, 11) is 0. The lowest BCUT2D eigenvalue weighted by Crippen LogP contribution is -2.76. The zero-order chi connectivity index (χ0) is 13.3. The number of piperazine rings is 1. The number of nitrogens with two attached hydrogens (primary N) is 4. The van der Waals surface area contributed by atoms with Crippen LogP contribution in [0.5, 0.6) is 0 Å². The summed E-state index contributed by atoms with van der Waals surface area (Å²) >= 11 is 5.85. The van der Waals surface area contributed by atoms with E-state index in [-0.39, 0.29) is 6.17 Å². The number of nitrogens with zero attached hydrogens (tertiary/aromatic N) is 2. The largest absolute Gasteiger partial charge is 0.314 e. The third kappa shape index (κ3) is 2.99. The van der Waals surface area contributed by atoms with Crippen molar-refractivity contribution in [1.29, 1.82) is 0 Å². The molecule has 7 heteroatoms. The van der Waals surface area contributed by atoms with Crippen LogP contribution in [-0.2, 0) is 6.54 Å². The Morgan fingerprint density at radius 3 is 2.50 bits per heavy atom. The summed E-state index contributed by atoms with van der Waals surface area (Å²) in [4.78, 5) is 1.92. The standard InChI is InChI=1S/C11H19ClN6/c12-9-3-1-8(2-4-9)5-17-6-10(13)18(16)7-11(17,14)15/h1-4,10H,5-7,13-16H2. The highest BCUT2D eigenvalue weighted by Gasteiger charge is 2.37. The van der Waals surface area contributed by atoms with Crippen LogP contribution in [0.4, 0.5) is 0 Å². The average Bonchev–Trinajstić information content (AvgIpc) is 2.28. The van der Waals surface area contributed by atoms with Crippen molar-refractivity contribution in [3.63, 3.8) is 0 Å². The lowest BCUT2D eigenvalue weighted by molar-refractivity contribution is -0.0353. The second-order valence-corrected chi connectivity index (χ2v) is 5.17. The van der Waals surface area contributed by atoms with Gasteiger partial charge < -0.3 is 5.73 Å². The van der Waals surface area contributed by atoms with Crippen LogP contribution in [0.1, 0.15) is 5.56 Å². The Balaban J connectivity index is 2.10. The van der Waals surface area contributed by atoms with Gasteiger partial charge >= 0.3 is 0 Å². The van der Waals surface area contributed by atoms with Gasteiger partial charge in [0.15, 0.2) is 0 Å². The molecular formula is C11H19ClN6. The van der Waals surface area contributed by atoms with Crippen LogP contribution in [0.15, 0.2) is 24.3 Å². The van der Waals surface area contributed by atoms with Crippen LogP contribution in [0, 0.1) is 0 Å². The van der Waals surface area contributed by atoms with E-state index in [0.717, 1.165) is 5.56 Å². The molecule has 8 N–H and O–H groups in total. The summed E-state index contributed by atoms with van der Waals surface area (Å²) in [5, 5.41) is 2.17. The predicted octanol–water partition coefficient (Wildman–Crippen LogP) is -0.813. The van der Waals surface area contributed by atoms with E-state index in [9.17, 15) is 0 Å². The molecule has 0 bridgehead atoms. The molecule has 100 valence electrons. The van der Waals surface area contributed by atoms with E-state index < -0.39 is 5.79 Å². The lowest BCUT2D eigenvalue weighted by Gasteiger charge is -2.47. The molecule has 0 spiro atoms. The minimum absolute atomic E-state index is 0.266. The minimum atomic E-state index is -0.982. The second kappa shape index (κ2) is 5.10. The molecule has 2 rings (SSSR count). The second-order valence-electron chi connectivity index (χ2n) is 4.74. The first kappa shape index (κ1) is 13.7. The third-order valence-electron chi connectivity index (χ3n) is 3.14. The molecule has 0 aromatic heterocycles. The normalized spacial score (nSPS) is 25.3. The number of benzene rings is 1. The van der Waals surface area contributed by atoms with Crippen molar-refractivity contribution >= 4 is 11.6 Å². The van der Waals surface area contributed by atoms with E-state index in [1.54, 1.807) is 0 Å². The van der Waals surface area contributed by atoms with Gasteiger partial charge in [-0.15, -0.1) is 0 Å². The highest BCUT2D eigenvalue weighted by atomic mass is 35.5. The number of hydrogen-bond donors (Lipinski definition) is 4. The zero-order valence-corrected chi connectivity index (χ0v) is 10.8. The summed E-state index contributed by atoms with van der Waals surface area (Å²) in [5.74, 6) is 4.75. The molecular weight excluding hydrogens is 252 g/mol. The van der Waals surface area contributed by atoms with Crippen molar-refractivity contribution < 1.29 is 0 Å². The van der Waals surface area contributed by atoms with E-state index in [1.165, 1.54) is 5.01 Å². The third-order valence-corrected chi connectivity index (χ3v) is 3.40. The average molecular weight is 271 g/mol. The molecule has 0 saturated carbocycles. The molecule has 1 aromatic rings. The van der Waals surface area contributed by atoms with Gasteiger partial charge in [-0.25, -0.2) is 5.01 Å². The van der Waals surface area contributed by atoms with Crippen LogP contribution in [0.25, 0.3) is 0 Å². The maximum Gasteiger partial charge on any atom is 0.136 e. The van der Waals surface area contributed by atoms with E-state index in [2.05, 4.69) is 0 Å². The molecule has 0 aliphatic carbocycles. The van der Waals surface area contributed by atoms with E-state index >= 15 is 0 Å². The van der Waals surface area contributed by atoms with Crippen LogP contribution in [0.2, 0.25) is 5.02 Å². The Morgan fingerprint density at radius 1 is 1.28 bits per heavy atom. The first-order valence-corrected chi connectivity index (χ1v) is 6.10. The number of rotatable bonds is 2. The van der Waals surface area contributed by atoms with E-state index in [4.69, 9.17) is 34.6 Å². The Bertz CT molecular complexity index is 406. The SMILES string of the molecule is NC1CN(Cc2ccc(Cl)cc2)C(N)(N)CN1N. The van der Waals surface area contributed by atoms with Crippen molar-refractivity contribution in [3.8, 4) is 0 Å². The highest BCUT2D eigenvalue weighted by molar-refractivity contribution is 6.30. The Hall–Kier alpha value is -0.730. The molecule has 1 aromatic carbocycles. The van der Waals surface area contributed by atoms with Gasteiger partial charge in [0.1, 0.15) is 5.79 Å². The molecule has 1 unspecified atom stereocenters. The molecule has 1 heterocycles. The molecule has 1 aliphatic rings. The zero-order valence-electron chi connectivity index (χ0n) is 10.1. The Labute approximate surface area is 111 Å². The fraction of sp³-hybridized carbons (Fsp3) is 0.455. The van der Waals surface area contributed by atoms with Crippen molar-refractivity contribution in [2.75, 3.05) is 13.1 Å². The molecule has 6 nitrogen and oxygen atoms in total. The molecule has 0 amide bonds. The number of halogens is 1. The summed E-state index contributed by atoms with van der Waals surface area (Å²) in [6.45, 7) is 1.46. The Kier molecular flexibility index (Phi) is 3.88. The minimum Gasteiger partial charge on any atom is -0.314 e. The van der Waals surface area contributed by atoms with Crippen LogP contribution < -0.4 is 23.0 Å². The van der Waals surface area contributed by atoms with Crippen LogP contribution in [0.3, 0.4) is 0 Å². The van der Waals surface area contributed by atoms with E-state index in [0.29, 0.717) is 24.7 Å². The van der Waals surface area contributed by atoms with Gasteiger partial charge in [0.2, 0.25) is 0 Å². The summed E-state index contributed by atoms with van der Waals surface area (Å²) in [6, 6.07) is 7.56. The van der Waals surface area contributed by atoms with Gasteiger partial charge in [-0.1, -0.05) is 23.7 Å². The monoisotopic (exact) mass is 270 g/mol.